The number of carbonyl (C=O) groups is 1. The summed E-state index contributed by atoms with van der Waals surface area (Å²) in [5.41, 5.74) is 1.48. The minimum absolute atomic E-state index is 0.122. The molecule has 23 heavy (non-hydrogen) atoms. The van der Waals surface area contributed by atoms with Crippen LogP contribution in [0.3, 0.4) is 0 Å². The van der Waals surface area contributed by atoms with E-state index in [2.05, 4.69) is 26.0 Å². The van der Waals surface area contributed by atoms with Gasteiger partial charge in [0.05, 0.1) is 11.3 Å². The third-order valence-electron chi connectivity index (χ3n) is 3.16. The molecule has 2 aromatic carbocycles. The normalized spacial score (nSPS) is 10.5. The highest BCUT2D eigenvalue weighted by molar-refractivity contribution is 9.10. The summed E-state index contributed by atoms with van der Waals surface area (Å²) in [5.74, 6) is -0.939. The fraction of sp³-hybridized carbons (Fsp3) is 0.0625. The molecule has 0 N–H and O–H groups in total. The van der Waals surface area contributed by atoms with Crippen LogP contribution in [0.25, 0.3) is 5.69 Å². The predicted octanol–water partition coefficient (Wildman–Crippen LogP) is 3.53. The van der Waals surface area contributed by atoms with Crippen molar-refractivity contribution in [2.24, 2.45) is 0 Å². The first kappa shape index (κ1) is 15.4. The molecule has 0 atom stereocenters. The number of esters is 1. The van der Waals surface area contributed by atoms with E-state index in [0.29, 0.717) is 15.6 Å². The van der Waals surface area contributed by atoms with Gasteiger partial charge in [0, 0.05) is 10.0 Å². The van der Waals surface area contributed by atoms with Crippen molar-refractivity contribution in [2.45, 2.75) is 6.61 Å². The number of hydrogen-bond acceptors (Lipinski definition) is 4. The van der Waals surface area contributed by atoms with E-state index in [1.165, 1.54) is 12.4 Å². The minimum atomic E-state index is -0.516. The van der Waals surface area contributed by atoms with E-state index in [9.17, 15) is 9.18 Å². The van der Waals surface area contributed by atoms with Crippen LogP contribution in [-0.4, -0.2) is 20.7 Å². The molecule has 0 fully saturated rings. The number of hydrogen-bond donors (Lipinski definition) is 0. The van der Waals surface area contributed by atoms with Crippen molar-refractivity contribution in [3.8, 4) is 5.69 Å². The van der Waals surface area contributed by atoms with Gasteiger partial charge in [-0.25, -0.2) is 18.9 Å². The molecule has 116 valence electrons. The fourth-order valence-electron chi connectivity index (χ4n) is 1.96. The fourth-order valence-corrected chi connectivity index (χ4v) is 2.29. The number of benzene rings is 2. The van der Waals surface area contributed by atoms with Gasteiger partial charge in [0.2, 0.25) is 0 Å². The number of ether oxygens (including phenoxy) is 1. The number of nitrogens with zero attached hydrogens (tertiary/aromatic N) is 3. The average Bonchev–Trinajstić information content (AvgIpc) is 3.08. The van der Waals surface area contributed by atoms with E-state index in [4.69, 9.17) is 4.74 Å². The van der Waals surface area contributed by atoms with Crippen molar-refractivity contribution in [1.82, 2.24) is 14.8 Å². The molecule has 0 saturated carbocycles. The van der Waals surface area contributed by atoms with Crippen molar-refractivity contribution >= 4 is 21.9 Å². The molecular weight excluding hydrogens is 365 g/mol. The molecule has 0 amide bonds. The van der Waals surface area contributed by atoms with Gasteiger partial charge in [-0.15, -0.1) is 0 Å². The largest absolute Gasteiger partial charge is 0.457 e. The van der Waals surface area contributed by atoms with Crippen LogP contribution in [0.15, 0.2) is 59.6 Å². The summed E-state index contributed by atoms with van der Waals surface area (Å²) < 4.78 is 21.0. The maximum absolute atomic E-state index is 13.7. The van der Waals surface area contributed by atoms with Gasteiger partial charge >= 0.3 is 5.97 Å². The summed E-state index contributed by atoms with van der Waals surface area (Å²) >= 11 is 3.18. The first-order valence-electron chi connectivity index (χ1n) is 6.69. The lowest BCUT2D eigenvalue weighted by Gasteiger charge is -2.07. The third-order valence-corrected chi connectivity index (χ3v) is 3.65. The molecule has 0 bridgehead atoms. The molecule has 7 heteroatoms. The van der Waals surface area contributed by atoms with Gasteiger partial charge in [0.25, 0.3) is 0 Å². The monoisotopic (exact) mass is 375 g/mol. The summed E-state index contributed by atoms with van der Waals surface area (Å²) in [7, 11) is 0. The topological polar surface area (TPSA) is 57.0 Å². The second kappa shape index (κ2) is 6.70. The van der Waals surface area contributed by atoms with Crippen LogP contribution in [0.4, 0.5) is 4.39 Å². The Labute approximate surface area is 139 Å². The standard InChI is InChI=1S/C16H11BrFN3O2/c17-13-4-1-12(15(18)7-13)8-23-16(22)11-2-5-14(6-3-11)21-10-19-9-20-21/h1-7,9-10H,8H2. The van der Waals surface area contributed by atoms with Gasteiger partial charge in [0.1, 0.15) is 25.1 Å². The Morgan fingerprint density at radius 1 is 1.22 bits per heavy atom. The van der Waals surface area contributed by atoms with E-state index in [1.54, 1.807) is 47.4 Å². The zero-order valence-corrected chi connectivity index (χ0v) is 13.4. The van der Waals surface area contributed by atoms with Crippen LogP contribution < -0.4 is 0 Å². The zero-order chi connectivity index (χ0) is 16.2. The number of carbonyl (C=O) groups excluding carboxylic acids is 1. The highest BCUT2D eigenvalue weighted by Gasteiger charge is 2.10. The van der Waals surface area contributed by atoms with Crippen molar-refractivity contribution in [3.63, 3.8) is 0 Å². The third kappa shape index (κ3) is 3.62. The molecule has 0 saturated heterocycles. The number of rotatable bonds is 4. The molecule has 1 heterocycles. The van der Waals surface area contributed by atoms with Crippen LogP contribution in [0.5, 0.6) is 0 Å². The Morgan fingerprint density at radius 3 is 2.65 bits per heavy atom. The average molecular weight is 376 g/mol. The summed E-state index contributed by atoms with van der Waals surface area (Å²) in [6, 6.07) is 11.3. The molecule has 5 nitrogen and oxygen atoms in total. The highest BCUT2D eigenvalue weighted by Crippen LogP contribution is 2.17. The van der Waals surface area contributed by atoms with Crippen LogP contribution in [0.2, 0.25) is 0 Å². The van der Waals surface area contributed by atoms with Gasteiger partial charge in [-0.1, -0.05) is 22.0 Å². The first-order chi connectivity index (χ1) is 11.1. The SMILES string of the molecule is O=C(OCc1ccc(Br)cc1F)c1ccc(-n2cncn2)cc1. The maximum Gasteiger partial charge on any atom is 0.338 e. The van der Waals surface area contributed by atoms with Gasteiger partial charge in [-0.05, 0) is 36.4 Å². The van der Waals surface area contributed by atoms with E-state index in [0.717, 1.165) is 5.69 Å². The first-order valence-corrected chi connectivity index (χ1v) is 7.49. The quantitative estimate of drug-likeness (QED) is 0.654. The van der Waals surface area contributed by atoms with E-state index < -0.39 is 11.8 Å². The summed E-state index contributed by atoms with van der Waals surface area (Å²) in [6.45, 7) is -0.122. The van der Waals surface area contributed by atoms with Crippen LogP contribution in [0.1, 0.15) is 15.9 Å². The Morgan fingerprint density at radius 2 is 2.00 bits per heavy atom. The van der Waals surface area contributed by atoms with Crippen molar-refractivity contribution in [2.75, 3.05) is 0 Å². The van der Waals surface area contributed by atoms with E-state index in [-0.39, 0.29) is 6.61 Å². The van der Waals surface area contributed by atoms with Gasteiger partial charge in [-0.3, -0.25) is 0 Å². The predicted molar refractivity (Wildman–Crippen MR) is 84.6 cm³/mol. The van der Waals surface area contributed by atoms with Gasteiger partial charge in [-0.2, -0.15) is 5.10 Å². The van der Waals surface area contributed by atoms with Gasteiger partial charge in [0.15, 0.2) is 0 Å². The molecule has 0 aliphatic carbocycles. The molecule has 0 unspecified atom stereocenters. The molecule has 0 spiro atoms. The van der Waals surface area contributed by atoms with Gasteiger partial charge < -0.3 is 4.74 Å². The van der Waals surface area contributed by atoms with E-state index >= 15 is 0 Å². The second-order valence-electron chi connectivity index (χ2n) is 4.70. The number of aromatic nitrogens is 3. The Balaban J connectivity index is 1.66. The Kier molecular flexibility index (Phi) is 4.47. The Hall–Kier alpha value is -2.54. The summed E-state index contributed by atoms with van der Waals surface area (Å²) in [6.07, 6.45) is 2.98. The summed E-state index contributed by atoms with van der Waals surface area (Å²) in [4.78, 5) is 15.9. The molecule has 3 aromatic rings. The Bertz CT molecular complexity index is 820. The van der Waals surface area contributed by atoms with E-state index in [1.807, 2.05) is 0 Å². The zero-order valence-electron chi connectivity index (χ0n) is 11.8. The van der Waals surface area contributed by atoms with Crippen LogP contribution >= 0.6 is 15.9 Å². The van der Waals surface area contributed by atoms with Crippen LogP contribution in [0, 0.1) is 5.82 Å². The lowest BCUT2D eigenvalue weighted by Crippen LogP contribution is -2.06. The molecule has 0 aliphatic rings. The van der Waals surface area contributed by atoms with Crippen molar-refractivity contribution in [1.29, 1.82) is 0 Å². The molecule has 0 aliphatic heterocycles. The molecule has 0 radical (unpaired) electrons. The molecular formula is C16H11BrFN3O2. The second-order valence-corrected chi connectivity index (χ2v) is 5.61. The highest BCUT2D eigenvalue weighted by atomic mass is 79.9. The maximum atomic E-state index is 13.7. The lowest BCUT2D eigenvalue weighted by atomic mass is 10.2. The summed E-state index contributed by atoms with van der Waals surface area (Å²) in [5, 5.41) is 4.00. The number of halogens is 2. The molecule has 3 rings (SSSR count). The lowest BCUT2D eigenvalue weighted by molar-refractivity contribution is 0.0469. The molecule has 1 aromatic heterocycles. The van der Waals surface area contributed by atoms with Crippen molar-refractivity contribution in [3.05, 3.63) is 76.5 Å². The van der Waals surface area contributed by atoms with Crippen molar-refractivity contribution < 1.29 is 13.9 Å². The minimum Gasteiger partial charge on any atom is -0.457 e. The van der Waals surface area contributed by atoms with Crippen LogP contribution in [-0.2, 0) is 11.3 Å². The smallest absolute Gasteiger partial charge is 0.338 e.